The maximum Gasteiger partial charge on any atom is 0.372 e. The summed E-state index contributed by atoms with van der Waals surface area (Å²) in [5, 5.41) is 0. The Bertz CT molecular complexity index is 147. The van der Waals surface area contributed by atoms with Crippen molar-refractivity contribution in [2.45, 2.75) is 44.3 Å². The minimum atomic E-state index is -2.90. The third kappa shape index (κ3) is 2.23. The Kier molecular flexibility index (Phi) is 3.58. The van der Waals surface area contributed by atoms with Crippen molar-refractivity contribution in [1.82, 2.24) is 0 Å². The third-order valence-electron chi connectivity index (χ3n) is 2.01. The highest BCUT2D eigenvalue weighted by molar-refractivity contribution is 6.44. The average Bonchev–Trinajstić information content (AvgIpc) is 2.00. The molecule has 1 aliphatic rings. The molecule has 5 heteroatoms. The van der Waals surface area contributed by atoms with Gasteiger partial charge in [-0.25, -0.2) is 8.78 Å². The summed E-state index contributed by atoms with van der Waals surface area (Å²) < 4.78 is 43.2. The molecule has 12 heavy (non-hydrogen) atoms. The van der Waals surface area contributed by atoms with E-state index in [0.29, 0.717) is 12.8 Å². The SMILES string of the molecule is CCCC1O[SiH](F)CC(F)C1F. The van der Waals surface area contributed by atoms with Crippen molar-refractivity contribution in [2.24, 2.45) is 0 Å². The molecule has 0 aromatic carbocycles. The Hall–Kier alpha value is -0.0331. The van der Waals surface area contributed by atoms with Gasteiger partial charge in [0.15, 0.2) is 6.17 Å². The van der Waals surface area contributed by atoms with Gasteiger partial charge < -0.3 is 4.43 Å². The van der Waals surface area contributed by atoms with Gasteiger partial charge >= 0.3 is 9.37 Å². The lowest BCUT2D eigenvalue weighted by atomic mass is 10.1. The van der Waals surface area contributed by atoms with Crippen LogP contribution in [0.1, 0.15) is 19.8 Å². The van der Waals surface area contributed by atoms with Crippen LogP contribution in [0.2, 0.25) is 6.04 Å². The zero-order chi connectivity index (χ0) is 9.14. The molecule has 0 bridgehead atoms. The van der Waals surface area contributed by atoms with E-state index in [1.165, 1.54) is 0 Å². The summed E-state index contributed by atoms with van der Waals surface area (Å²) in [5.41, 5.74) is 0. The number of halogens is 3. The molecule has 4 unspecified atom stereocenters. The summed E-state index contributed by atoms with van der Waals surface area (Å²) in [6.45, 7) is 1.84. The lowest BCUT2D eigenvalue weighted by Gasteiger charge is -2.30. The van der Waals surface area contributed by atoms with E-state index in [0.717, 1.165) is 0 Å². The van der Waals surface area contributed by atoms with Crippen molar-refractivity contribution in [3.05, 3.63) is 0 Å². The van der Waals surface area contributed by atoms with Crippen LogP contribution >= 0.6 is 0 Å². The van der Waals surface area contributed by atoms with Gasteiger partial charge in [0.25, 0.3) is 0 Å². The first-order chi connectivity index (χ1) is 5.65. The molecule has 0 radical (unpaired) electrons. The highest BCUT2D eigenvalue weighted by Gasteiger charge is 2.39. The van der Waals surface area contributed by atoms with E-state index in [2.05, 4.69) is 0 Å². The van der Waals surface area contributed by atoms with Crippen molar-refractivity contribution < 1.29 is 17.3 Å². The van der Waals surface area contributed by atoms with Crippen LogP contribution in [0.25, 0.3) is 0 Å². The lowest BCUT2D eigenvalue weighted by molar-refractivity contribution is 0.0106. The molecule has 0 spiro atoms. The van der Waals surface area contributed by atoms with E-state index in [1.54, 1.807) is 0 Å². The summed E-state index contributed by atoms with van der Waals surface area (Å²) in [6, 6.07) is -0.332. The molecule has 0 N–H and O–H groups in total. The van der Waals surface area contributed by atoms with Gasteiger partial charge in [0.1, 0.15) is 6.17 Å². The summed E-state index contributed by atoms with van der Waals surface area (Å²) in [7, 11) is -2.90. The van der Waals surface area contributed by atoms with Gasteiger partial charge in [-0.1, -0.05) is 13.3 Å². The van der Waals surface area contributed by atoms with E-state index in [1.807, 2.05) is 6.92 Å². The smallest absolute Gasteiger partial charge is 0.372 e. The Morgan fingerprint density at radius 1 is 1.50 bits per heavy atom. The molecular formula is C7H13F3OSi. The summed E-state index contributed by atoms with van der Waals surface area (Å²) in [5.74, 6) is 0. The van der Waals surface area contributed by atoms with Gasteiger partial charge in [-0.2, -0.15) is 0 Å². The molecule has 0 aliphatic carbocycles. The Morgan fingerprint density at radius 2 is 2.17 bits per heavy atom. The quantitative estimate of drug-likeness (QED) is 0.487. The van der Waals surface area contributed by atoms with Crippen molar-refractivity contribution >= 4 is 9.37 Å². The van der Waals surface area contributed by atoms with Crippen molar-refractivity contribution in [3.8, 4) is 0 Å². The van der Waals surface area contributed by atoms with E-state index in [4.69, 9.17) is 4.43 Å². The third-order valence-corrected chi connectivity index (χ3v) is 3.47. The molecule has 0 aromatic heterocycles. The molecule has 1 saturated heterocycles. The van der Waals surface area contributed by atoms with E-state index < -0.39 is 27.8 Å². The van der Waals surface area contributed by atoms with Crippen LogP contribution in [0.5, 0.6) is 0 Å². The average molecular weight is 198 g/mol. The molecular weight excluding hydrogens is 185 g/mol. The highest BCUT2D eigenvalue weighted by Crippen LogP contribution is 2.27. The van der Waals surface area contributed by atoms with Gasteiger partial charge in [0.05, 0.1) is 6.10 Å². The zero-order valence-corrected chi connectivity index (χ0v) is 8.13. The summed E-state index contributed by atoms with van der Waals surface area (Å²) in [6.07, 6.45) is -2.99. The predicted octanol–water partition coefficient (Wildman–Crippen LogP) is 2.05. The van der Waals surface area contributed by atoms with Crippen LogP contribution < -0.4 is 0 Å². The molecule has 1 aliphatic heterocycles. The van der Waals surface area contributed by atoms with Crippen molar-refractivity contribution in [1.29, 1.82) is 0 Å². The lowest BCUT2D eigenvalue weighted by Crippen LogP contribution is -2.44. The van der Waals surface area contributed by atoms with Crippen LogP contribution in [-0.2, 0) is 4.43 Å². The van der Waals surface area contributed by atoms with Crippen LogP contribution in [0.4, 0.5) is 12.9 Å². The normalized spacial score (nSPS) is 43.0. The fourth-order valence-electron chi connectivity index (χ4n) is 1.37. The standard InChI is InChI=1S/C7H13F3OSi/c1-2-3-6-7(9)5(8)4-12(10)11-6/h5-7,12H,2-4H2,1H3. The predicted molar refractivity (Wildman–Crippen MR) is 42.6 cm³/mol. The number of hydrogen-bond donors (Lipinski definition) is 0. The monoisotopic (exact) mass is 198 g/mol. The first kappa shape index (κ1) is 10.1. The van der Waals surface area contributed by atoms with Crippen molar-refractivity contribution in [3.63, 3.8) is 0 Å². The molecule has 1 fully saturated rings. The molecule has 0 aromatic rings. The van der Waals surface area contributed by atoms with Gasteiger partial charge in [0.2, 0.25) is 0 Å². The second-order valence-electron chi connectivity index (χ2n) is 3.07. The Morgan fingerprint density at radius 3 is 2.75 bits per heavy atom. The van der Waals surface area contributed by atoms with E-state index >= 15 is 0 Å². The molecule has 0 amide bonds. The molecule has 72 valence electrons. The second-order valence-corrected chi connectivity index (χ2v) is 4.63. The van der Waals surface area contributed by atoms with Gasteiger partial charge in [-0.3, -0.25) is 4.11 Å². The molecule has 1 nitrogen and oxygen atoms in total. The van der Waals surface area contributed by atoms with E-state index in [9.17, 15) is 12.9 Å². The summed E-state index contributed by atoms with van der Waals surface area (Å²) >= 11 is 0. The second kappa shape index (κ2) is 4.27. The maximum absolute atomic E-state index is 13.0. The topological polar surface area (TPSA) is 9.23 Å². The molecule has 1 rings (SSSR count). The number of alkyl halides is 2. The fraction of sp³-hybridized carbons (Fsp3) is 1.00. The van der Waals surface area contributed by atoms with Gasteiger partial charge in [0, 0.05) is 6.04 Å². The molecule has 1 heterocycles. The van der Waals surface area contributed by atoms with Crippen molar-refractivity contribution in [2.75, 3.05) is 0 Å². The first-order valence-electron chi connectivity index (χ1n) is 4.22. The van der Waals surface area contributed by atoms with Gasteiger partial charge in [-0.05, 0) is 6.42 Å². The number of hydrogen-bond acceptors (Lipinski definition) is 1. The van der Waals surface area contributed by atoms with Gasteiger partial charge in [-0.15, -0.1) is 0 Å². The van der Waals surface area contributed by atoms with Crippen LogP contribution in [0, 0.1) is 0 Å². The maximum atomic E-state index is 13.0. The zero-order valence-electron chi connectivity index (χ0n) is 6.97. The largest absolute Gasteiger partial charge is 0.387 e. The first-order valence-corrected chi connectivity index (χ1v) is 5.95. The van der Waals surface area contributed by atoms with E-state index in [-0.39, 0.29) is 6.04 Å². The van der Waals surface area contributed by atoms with Crippen LogP contribution in [0.15, 0.2) is 0 Å². The highest BCUT2D eigenvalue weighted by atomic mass is 28.3. The number of rotatable bonds is 2. The molecule has 0 saturated carbocycles. The minimum absolute atomic E-state index is 0.332. The van der Waals surface area contributed by atoms with Crippen LogP contribution in [0.3, 0.4) is 0 Å². The Balaban J connectivity index is 2.47. The summed E-state index contributed by atoms with van der Waals surface area (Å²) in [4.78, 5) is 0. The fourth-order valence-corrected chi connectivity index (χ4v) is 2.76. The minimum Gasteiger partial charge on any atom is -0.387 e. The Labute approximate surface area is 71.8 Å². The van der Waals surface area contributed by atoms with Crippen LogP contribution in [-0.4, -0.2) is 27.8 Å². The molecule has 4 atom stereocenters.